The average Bonchev–Trinajstić information content (AvgIpc) is 2.15. The second kappa shape index (κ2) is 5.67. The van der Waals surface area contributed by atoms with E-state index >= 15 is 0 Å². The Kier molecular flexibility index (Phi) is 4.98. The molecule has 17 heavy (non-hydrogen) atoms. The molecule has 1 rings (SSSR count). The molecule has 1 aliphatic heterocycles. The molecule has 0 aromatic carbocycles. The molecule has 5 heteroatoms. The molecule has 0 unspecified atom stereocenters. The Balaban J connectivity index is 2.24. The van der Waals surface area contributed by atoms with Crippen LogP contribution in [0.5, 0.6) is 0 Å². The summed E-state index contributed by atoms with van der Waals surface area (Å²) in [6.07, 6.45) is 4.55. The lowest BCUT2D eigenvalue weighted by Crippen LogP contribution is -2.46. The van der Waals surface area contributed by atoms with Crippen molar-refractivity contribution < 1.29 is 8.42 Å². The van der Waals surface area contributed by atoms with Gasteiger partial charge in [-0.1, -0.05) is 0 Å². The highest BCUT2D eigenvalue weighted by Gasteiger charge is 2.26. The van der Waals surface area contributed by atoms with Crippen molar-refractivity contribution >= 4 is 10.0 Å². The first kappa shape index (κ1) is 14.9. The maximum atomic E-state index is 10.9. The van der Waals surface area contributed by atoms with Gasteiger partial charge in [0.1, 0.15) is 0 Å². The predicted octanol–water partition coefficient (Wildman–Crippen LogP) is 1.44. The fraction of sp³-hybridized carbons (Fsp3) is 1.00. The summed E-state index contributed by atoms with van der Waals surface area (Å²) in [5.74, 6) is 0.669. The molecular formula is C12H26N2O2S. The lowest BCUT2D eigenvalue weighted by Gasteiger charge is -2.41. The first-order valence-electron chi connectivity index (χ1n) is 6.38. The molecular weight excluding hydrogens is 236 g/mol. The molecule has 0 aromatic rings. The van der Waals surface area contributed by atoms with Crippen molar-refractivity contribution in [2.75, 3.05) is 25.9 Å². The van der Waals surface area contributed by atoms with Crippen molar-refractivity contribution in [2.45, 2.75) is 45.6 Å². The van der Waals surface area contributed by atoms with Crippen LogP contribution in [0.1, 0.15) is 40.0 Å². The third kappa shape index (κ3) is 5.84. The Hall–Kier alpha value is -0.130. The lowest BCUT2D eigenvalue weighted by atomic mass is 9.91. The standard InChI is InChI=1S/C12H26N2O2S/c1-12(2,3)14-9-6-11(7-10-14)5-8-13-17(4,15)16/h11,13H,5-10H2,1-4H3. The minimum Gasteiger partial charge on any atom is -0.298 e. The van der Waals surface area contributed by atoms with E-state index in [4.69, 9.17) is 0 Å². The molecule has 102 valence electrons. The van der Waals surface area contributed by atoms with Gasteiger partial charge in [-0.3, -0.25) is 4.90 Å². The zero-order valence-electron chi connectivity index (χ0n) is 11.5. The second-order valence-corrected chi connectivity index (χ2v) is 7.89. The van der Waals surface area contributed by atoms with Gasteiger partial charge in [-0.15, -0.1) is 0 Å². The van der Waals surface area contributed by atoms with Crippen LogP contribution in [0.25, 0.3) is 0 Å². The van der Waals surface area contributed by atoms with Crippen LogP contribution in [0.3, 0.4) is 0 Å². The molecule has 1 fully saturated rings. The Labute approximate surface area is 106 Å². The first-order valence-corrected chi connectivity index (χ1v) is 8.27. The maximum absolute atomic E-state index is 10.9. The largest absolute Gasteiger partial charge is 0.298 e. The zero-order valence-corrected chi connectivity index (χ0v) is 12.3. The van der Waals surface area contributed by atoms with Crippen LogP contribution in [0.2, 0.25) is 0 Å². The summed E-state index contributed by atoms with van der Waals surface area (Å²) < 4.78 is 24.4. The monoisotopic (exact) mass is 262 g/mol. The number of nitrogens with zero attached hydrogens (tertiary/aromatic N) is 1. The van der Waals surface area contributed by atoms with E-state index in [0.29, 0.717) is 12.5 Å². The quantitative estimate of drug-likeness (QED) is 0.834. The summed E-state index contributed by atoms with van der Waals surface area (Å²) in [6, 6.07) is 0. The van der Waals surface area contributed by atoms with Crippen LogP contribution in [0, 0.1) is 5.92 Å². The van der Waals surface area contributed by atoms with Gasteiger partial charge in [-0.25, -0.2) is 13.1 Å². The molecule has 0 atom stereocenters. The van der Waals surface area contributed by atoms with E-state index < -0.39 is 10.0 Å². The van der Waals surface area contributed by atoms with E-state index in [1.54, 1.807) is 0 Å². The number of rotatable bonds is 4. The van der Waals surface area contributed by atoms with Crippen LogP contribution in [0.15, 0.2) is 0 Å². The number of likely N-dealkylation sites (tertiary alicyclic amines) is 1. The van der Waals surface area contributed by atoms with Crippen LogP contribution >= 0.6 is 0 Å². The number of piperidine rings is 1. The van der Waals surface area contributed by atoms with Crippen LogP contribution in [-0.4, -0.2) is 44.7 Å². The molecule has 1 heterocycles. The van der Waals surface area contributed by atoms with Gasteiger partial charge < -0.3 is 0 Å². The highest BCUT2D eigenvalue weighted by atomic mass is 32.2. The van der Waals surface area contributed by atoms with E-state index in [9.17, 15) is 8.42 Å². The van der Waals surface area contributed by atoms with Gasteiger partial charge in [-0.2, -0.15) is 0 Å². The van der Waals surface area contributed by atoms with Crippen molar-refractivity contribution in [3.8, 4) is 0 Å². The fourth-order valence-electron chi connectivity index (χ4n) is 2.34. The molecule has 0 spiro atoms. The average molecular weight is 262 g/mol. The highest BCUT2D eigenvalue weighted by Crippen LogP contribution is 2.25. The highest BCUT2D eigenvalue weighted by molar-refractivity contribution is 7.88. The van der Waals surface area contributed by atoms with E-state index in [0.717, 1.165) is 19.5 Å². The first-order chi connectivity index (χ1) is 7.68. The smallest absolute Gasteiger partial charge is 0.208 e. The van der Waals surface area contributed by atoms with Gasteiger partial charge in [0.2, 0.25) is 10.0 Å². The van der Waals surface area contributed by atoms with Gasteiger partial charge in [0.15, 0.2) is 0 Å². The Morgan fingerprint density at radius 3 is 2.18 bits per heavy atom. The minimum atomic E-state index is -3.02. The molecule has 0 aromatic heterocycles. The molecule has 0 radical (unpaired) electrons. The molecule has 0 amide bonds. The SMILES string of the molecule is CC(C)(C)N1CCC(CCNS(C)(=O)=O)CC1. The Morgan fingerprint density at radius 1 is 1.24 bits per heavy atom. The molecule has 0 saturated carbocycles. The molecule has 1 saturated heterocycles. The summed E-state index contributed by atoms with van der Waals surface area (Å²) >= 11 is 0. The number of hydrogen-bond donors (Lipinski definition) is 1. The molecule has 1 aliphatic rings. The van der Waals surface area contributed by atoms with Crippen molar-refractivity contribution in [3.63, 3.8) is 0 Å². The minimum absolute atomic E-state index is 0.260. The molecule has 0 bridgehead atoms. The summed E-state index contributed by atoms with van der Waals surface area (Å²) in [4.78, 5) is 2.51. The number of nitrogens with one attached hydrogen (secondary N) is 1. The molecule has 0 aliphatic carbocycles. The van der Waals surface area contributed by atoms with Crippen molar-refractivity contribution in [3.05, 3.63) is 0 Å². The Bertz CT molecular complexity index is 325. The van der Waals surface area contributed by atoms with Gasteiger partial charge in [0.05, 0.1) is 6.26 Å². The van der Waals surface area contributed by atoms with Crippen molar-refractivity contribution in [1.29, 1.82) is 0 Å². The molecule has 4 nitrogen and oxygen atoms in total. The third-order valence-corrected chi connectivity index (χ3v) is 4.21. The maximum Gasteiger partial charge on any atom is 0.208 e. The fourth-order valence-corrected chi connectivity index (χ4v) is 2.83. The van der Waals surface area contributed by atoms with Gasteiger partial charge in [0.25, 0.3) is 0 Å². The van der Waals surface area contributed by atoms with Crippen molar-refractivity contribution in [1.82, 2.24) is 9.62 Å². The normalized spacial score (nSPS) is 20.7. The second-order valence-electron chi connectivity index (χ2n) is 6.06. The van der Waals surface area contributed by atoms with E-state index in [1.165, 1.54) is 19.1 Å². The zero-order chi connectivity index (χ0) is 13.1. The van der Waals surface area contributed by atoms with E-state index in [-0.39, 0.29) is 5.54 Å². The summed E-state index contributed by atoms with van der Waals surface area (Å²) in [5.41, 5.74) is 0.260. The van der Waals surface area contributed by atoms with Crippen LogP contribution in [0.4, 0.5) is 0 Å². The van der Waals surface area contributed by atoms with Crippen molar-refractivity contribution in [2.24, 2.45) is 5.92 Å². The predicted molar refractivity (Wildman–Crippen MR) is 71.5 cm³/mol. The van der Waals surface area contributed by atoms with E-state index in [1.807, 2.05) is 0 Å². The Morgan fingerprint density at radius 2 is 1.76 bits per heavy atom. The summed E-state index contributed by atoms with van der Waals surface area (Å²) in [7, 11) is -3.02. The third-order valence-electron chi connectivity index (χ3n) is 3.48. The van der Waals surface area contributed by atoms with Gasteiger partial charge in [0, 0.05) is 12.1 Å². The summed E-state index contributed by atoms with van der Waals surface area (Å²) in [5, 5.41) is 0. The van der Waals surface area contributed by atoms with Gasteiger partial charge >= 0.3 is 0 Å². The van der Waals surface area contributed by atoms with Gasteiger partial charge in [-0.05, 0) is 59.0 Å². The topological polar surface area (TPSA) is 49.4 Å². The number of sulfonamides is 1. The van der Waals surface area contributed by atoms with Crippen LogP contribution in [-0.2, 0) is 10.0 Å². The number of hydrogen-bond acceptors (Lipinski definition) is 3. The van der Waals surface area contributed by atoms with E-state index in [2.05, 4.69) is 30.4 Å². The molecule has 1 N–H and O–H groups in total. The summed E-state index contributed by atoms with van der Waals surface area (Å²) in [6.45, 7) is 9.59. The lowest BCUT2D eigenvalue weighted by molar-refractivity contribution is 0.0858. The van der Waals surface area contributed by atoms with Crippen LogP contribution < -0.4 is 4.72 Å².